The molecule has 0 N–H and O–H groups in total. The standard InChI is InChI=1S/C16H19NO4/c1-3-6-11(2)16(20)21-13-8-5-4-7-12(13)17-14(18)9-10-15(17)19/h4-5,7-8,11H,3,6,9-10H2,1-2H3/t11-/m1/s1. The fourth-order valence-corrected chi connectivity index (χ4v) is 2.33. The molecule has 5 nitrogen and oxygen atoms in total. The smallest absolute Gasteiger partial charge is 0.314 e. The highest BCUT2D eigenvalue weighted by atomic mass is 16.5. The molecule has 2 amide bonds. The zero-order valence-corrected chi connectivity index (χ0v) is 12.3. The van der Waals surface area contributed by atoms with E-state index in [1.807, 2.05) is 6.92 Å². The molecule has 1 aliphatic heterocycles. The van der Waals surface area contributed by atoms with Crippen LogP contribution in [0.2, 0.25) is 0 Å². The summed E-state index contributed by atoms with van der Waals surface area (Å²) in [6.07, 6.45) is 2.03. The predicted octanol–water partition coefficient (Wildman–Crippen LogP) is 2.68. The van der Waals surface area contributed by atoms with Crippen LogP contribution in [-0.2, 0) is 14.4 Å². The van der Waals surface area contributed by atoms with E-state index in [2.05, 4.69) is 0 Å². The van der Waals surface area contributed by atoms with E-state index in [0.29, 0.717) is 5.69 Å². The summed E-state index contributed by atoms with van der Waals surface area (Å²) < 4.78 is 5.38. The molecule has 1 heterocycles. The lowest BCUT2D eigenvalue weighted by molar-refractivity contribution is -0.138. The Hall–Kier alpha value is -2.17. The minimum absolute atomic E-state index is 0.202. The number of carbonyl (C=O) groups excluding carboxylic acids is 3. The molecule has 1 aromatic carbocycles. The Balaban J connectivity index is 2.23. The lowest BCUT2D eigenvalue weighted by atomic mass is 10.1. The largest absolute Gasteiger partial charge is 0.424 e. The van der Waals surface area contributed by atoms with Crippen LogP contribution in [0.25, 0.3) is 0 Å². The molecule has 0 bridgehead atoms. The average molecular weight is 289 g/mol. The lowest BCUT2D eigenvalue weighted by Crippen LogP contribution is -2.29. The molecule has 1 fully saturated rings. The maximum absolute atomic E-state index is 12.0. The highest BCUT2D eigenvalue weighted by Crippen LogP contribution is 2.32. The first-order chi connectivity index (χ1) is 10.0. The third-order valence-electron chi connectivity index (χ3n) is 3.49. The van der Waals surface area contributed by atoms with E-state index in [1.54, 1.807) is 31.2 Å². The molecule has 1 aliphatic rings. The van der Waals surface area contributed by atoms with Gasteiger partial charge in [-0.1, -0.05) is 32.4 Å². The Labute approximate surface area is 123 Å². The quantitative estimate of drug-likeness (QED) is 0.475. The molecule has 0 unspecified atom stereocenters. The molecule has 0 aromatic heterocycles. The Morgan fingerprint density at radius 1 is 1.24 bits per heavy atom. The van der Waals surface area contributed by atoms with Crippen molar-refractivity contribution in [3.05, 3.63) is 24.3 Å². The third-order valence-corrected chi connectivity index (χ3v) is 3.49. The Morgan fingerprint density at radius 2 is 1.86 bits per heavy atom. The number of benzene rings is 1. The summed E-state index contributed by atoms with van der Waals surface area (Å²) in [6, 6.07) is 6.64. The molecule has 1 aromatic rings. The second-order valence-corrected chi connectivity index (χ2v) is 5.20. The molecule has 21 heavy (non-hydrogen) atoms. The molecule has 0 aliphatic carbocycles. The van der Waals surface area contributed by atoms with E-state index < -0.39 is 0 Å². The number of carbonyl (C=O) groups is 3. The van der Waals surface area contributed by atoms with Gasteiger partial charge in [0.15, 0.2) is 5.75 Å². The van der Waals surface area contributed by atoms with Crippen molar-refractivity contribution in [1.82, 2.24) is 0 Å². The van der Waals surface area contributed by atoms with E-state index >= 15 is 0 Å². The minimum atomic E-state index is -0.344. The molecule has 2 rings (SSSR count). The van der Waals surface area contributed by atoms with Crippen LogP contribution in [-0.4, -0.2) is 17.8 Å². The number of hydrogen-bond donors (Lipinski definition) is 0. The van der Waals surface area contributed by atoms with Gasteiger partial charge in [-0.25, -0.2) is 4.90 Å². The number of nitrogens with zero attached hydrogens (tertiary/aromatic N) is 1. The van der Waals surface area contributed by atoms with Crippen LogP contribution in [0.4, 0.5) is 5.69 Å². The topological polar surface area (TPSA) is 63.7 Å². The van der Waals surface area contributed by atoms with Crippen LogP contribution in [0.3, 0.4) is 0 Å². The first-order valence-corrected chi connectivity index (χ1v) is 7.21. The van der Waals surface area contributed by atoms with Gasteiger partial charge in [0, 0.05) is 12.8 Å². The van der Waals surface area contributed by atoms with Crippen molar-refractivity contribution >= 4 is 23.5 Å². The Morgan fingerprint density at radius 3 is 2.48 bits per heavy atom. The molecule has 112 valence electrons. The number of para-hydroxylation sites is 2. The molecule has 0 radical (unpaired) electrons. The molecule has 5 heteroatoms. The molecule has 1 saturated heterocycles. The highest BCUT2D eigenvalue weighted by Gasteiger charge is 2.32. The van der Waals surface area contributed by atoms with Gasteiger partial charge in [0.05, 0.1) is 11.6 Å². The molecule has 0 spiro atoms. The van der Waals surface area contributed by atoms with Crippen molar-refractivity contribution < 1.29 is 19.1 Å². The van der Waals surface area contributed by atoms with Crippen molar-refractivity contribution in [2.75, 3.05) is 4.90 Å². The van der Waals surface area contributed by atoms with Crippen molar-refractivity contribution in [2.24, 2.45) is 5.92 Å². The van der Waals surface area contributed by atoms with Crippen molar-refractivity contribution in [1.29, 1.82) is 0 Å². The number of esters is 1. The summed E-state index contributed by atoms with van der Waals surface area (Å²) in [5.41, 5.74) is 0.349. The zero-order valence-electron chi connectivity index (χ0n) is 12.3. The van der Waals surface area contributed by atoms with Gasteiger partial charge in [-0.3, -0.25) is 14.4 Å². The van der Waals surface area contributed by atoms with Gasteiger partial charge >= 0.3 is 5.97 Å². The summed E-state index contributed by atoms with van der Waals surface area (Å²) in [5, 5.41) is 0. The molecule has 0 saturated carbocycles. The number of ether oxygens (including phenoxy) is 1. The monoisotopic (exact) mass is 289 g/mol. The average Bonchev–Trinajstić information content (AvgIpc) is 2.79. The van der Waals surface area contributed by atoms with Gasteiger partial charge in [0.1, 0.15) is 0 Å². The van der Waals surface area contributed by atoms with E-state index in [9.17, 15) is 14.4 Å². The lowest BCUT2D eigenvalue weighted by Gasteiger charge is -2.18. The summed E-state index contributed by atoms with van der Waals surface area (Å²) in [7, 11) is 0. The van der Waals surface area contributed by atoms with E-state index in [-0.39, 0.29) is 42.3 Å². The van der Waals surface area contributed by atoms with Crippen LogP contribution in [0, 0.1) is 5.92 Å². The van der Waals surface area contributed by atoms with Crippen LogP contribution in [0.15, 0.2) is 24.3 Å². The molecule has 1 atom stereocenters. The zero-order chi connectivity index (χ0) is 15.4. The van der Waals surface area contributed by atoms with Gasteiger partial charge < -0.3 is 4.74 Å². The molecular formula is C16H19NO4. The Bertz CT molecular complexity index is 551. The summed E-state index contributed by atoms with van der Waals surface area (Å²) in [5.74, 6) is -0.819. The fourth-order valence-electron chi connectivity index (χ4n) is 2.33. The minimum Gasteiger partial charge on any atom is -0.424 e. The van der Waals surface area contributed by atoms with Gasteiger partial charge in [0.2, 0.25) is 11.8 Å². The van der Waals surface area contributed by atoms with E-state index in [4.69, 9.17) is 4.74 Å². The van der Waals surface area contributed by atoms with Crippen molar-refractivity contribution in [2.45, 2.75) is 39.5 Å². The van der Waals surface area contributed by atoms with Crippen LogP contribution < -0.4 is 9.64 Å². The number of amides is 2. The summed E-state index contributed by atoms with van der Waals surface area (Å²) in [6.45, 7) is 3.81. The first kappa shape index (κ1) is 15.2. The van der Waals surface area contributed by atoms with Crippen LogP contribution in [0.5, 0.6) is 5.75 Å². The maximum atomic E-state index is 12.0. The van der Waals surface area contributed by atoms with Gasteiger partial charge in [-0.2, -0.15) is 0 Å². The van der Waals surface area contributed by atoms with E-state index in [1.165, 1.54) is 0 Å². The highest BCUT2D eigenvalue weighted by molar-refractivity contribution is 6.20. The molecular weight excluding hydrogens is 270 g/mol. The second kappa shape index (κ2) is 6.52. The predicted molar refractivity (Wildman–Crippen MR) is 77.9 cm³/mol. The van der Waals surface area contributed by atoms with Crippen LogP contribution in [0.1, 0.15) is 39.5 Å². The fraction of sp³-hybridized carbons (Fsp3) is 0.438. The van der Waals surface area contributed by atoms with Crippen molar-refractivity contribution in [3.63, 3.8) is 0 Å². The number of rotatable bonds is 5. The summed E-state index contributed by atoms with van der Waals surface area (Å²) in [4.78, 5) is 36.8. The van der Waals surface area contributed by atoms with Gasteiger partial charge in [-0.05, 0) is 18.6 Å². The second-order valence-electron chi connectivity index (χ2n) is 5.20. The number of anilines is 1. The number of imide groups is 1. The van der Waals surface area contributed by atoms with Crippen LogP contribution >= 0.6 is 0 Å². The van der Waals surface area contributed by atoms with Gasteiger partial charge in [0.25, 0.3) is 0 Å². The van der Waals surface area contributed by atoms with E-state index in [0.717, 1.165) is 17.7 Å². The van der Waals surface area contributed by atoms with Crippen molar-refractivity contribution in [3.8, 4) is 5.75 Å². The SMILES string of the molecule is CCC[C@@H](C)C(=O)Oc1ccccc1N1C(=O)CCC1=O. The maximum Gasteiger partial charge on any atom is 0.314 e. The first-order valence-electron chi connectivity index (χ1n) is 7.21. The summed E-state index contributed by atoms with van der Waals surface area (Å²) >= 11 is 0. The normalized spacial score (nSPS) is 16.2. The number of hydrogen-bond acceptors (Lipinski definition) is 4. The Kier molecular flexibility index (Phi) is 4.73. The third kappa shape index (κ3) is 3.29. The van der Waals surface area contributed by atoms with Gasteiger partial charge in [-0.15, -0.1) is 0 Å².